The molecule has 0 bridgehead atoms. The fourth-order valence-electron chi connectivity index (χ4n) is 3.64. The Balaban J connectivity index is 1.64. The molecular weight excluding hydrogens is 474 g/mol. The molecule has 0 aliphatic carbocycles. The fraction of sp³-hybridized carbons (Fsp3) is 0.125. The second-order valence-corrected chi connectivity index (χ2v) is 9.08. The van der Waals surface area contributed by atoms with Crippen LogP contribution >= 0.6 is 27.7 Å². The quantitative estimate of drug-likeness (QED) is 0.422. The van der Waals surface area contributed by atoms with E-state index in [1.807, 2.05) is 44.2 Å². The minimum absolute atomic E-state index is 0.0870. The summed E-state index contributed by atoms with van der Waals surface area (Å²) in [7, 11) is 0. The lowest BCUT2D eigenvalue weighted by Crippen LogP contribution is -2.27. The highest BCUT2D eigenvalue weighted by molar-refractivity contribution is 9.10. The number of aryl methyl sites for hydroxylation is 1. The summed E-state index contributed by atoms with van der Waals surface area (Å²) in [6, 6.07) is 19.1. The Bertz CT molecular complexity index is 1270. The van der Waals surface area contributed by atoms with Gasteiger partial charge >= 0.3 is 0 Å². The number of aromatic nitrogens is 1. The summed E-state index contributed by atoms with van der Waals surface area (Å²) >= 11 is 4.39. The zero-order valence-electron chi connectivity index (χ0n) is 16.9. The Labute approximate surface area is 193 Å². The van der Waals surface area contributed by atoms with Gasteiger partial charge in [-0.05, 0) is 79.2 Å². The van der Waals surface area contributed by atoms with E-state index < -0.39 is 0 Å². The molecule has 5 nitrogen and oxygen atoms in total. The highest BCUT2D eigenvalue weighted by Gasteiger charge is 2.35. The first kappa shape index (κ1) is 21.2. The summed E-state index contributed by atoms with van der Waals surface area (Å²) < 4.78 is 3.12. The standard InChI is InChI=1S/C24H18BrN3O2S/c1-15-11-19(16(2)28(15)21-9-7-20(25)8-10-21)12-22-23(29)27(24(30)31-22)14-18-6-4-3-5-17(18)13-26/h3-12H,14H2,1-2H3/b22-12-. The first-order valence-electron chi connectivity index (χ1n) is 9.57. The molecule has 154 valence electrons. The average Bonchev–Trinajstić information content (AvgIpc) is 3.18. The molecule has 2 aromatic carbocycles. The van der Waals surface area contributed by atoms with Gasteiger partial charge in [-0.25, -0.2) is 0 Å². The molecule has 2 amide bonds. The Morgan fingerprint density at radius 3 is 2.52 bits per heavy atom. The first-order chi connectivity index (χ1) is 14.9. The van der Waals surface area contributed by atoms with Crippen LogP contribution in [0, 0.1) is 25.2 Å². The number of nitrogens with zero attached hydrogens (tertiary/aromatic N) is 3. The van der Waals surface area contributed by atoms with E-state index in [1.165, 1.54) is 4.90 Å². The van der Waals surface area contributed by atoms with Gasteiger partial charge in [-0.1, -0.05) is 34.1 Å². The Hall–Kier alpha value is -3.08. The maximum absolute atomic E-state index is 13.0. The van der Waals surface area contributed by atoms with Gasteiger partial charge in [-0.3, -0.25) is 14.5 Å². The van der Waals surface area contributed by atoms with Gasteiger partial charge in [0.2, 0.25) is 0 Å². The van der Waals surface area contributed by atoms with Crippen molar-refractivity contribution in [3.8, 4) is 11.8 Å². The fourth-order valence-corrected chi connectivity index (χ4v) is 4.73. The van der Waals surface area contributed by atoms with Crippen molar-refractivity contribution in [2.24, 2.45) is 0 Å². The van der Waals surface area contributed by atoms with Gasteiger partial charge in [-0.2, -0.15) is 5.26 Å². The summed E-state index contributed by atoms with van der Waals surface area (Å²) in [6.07, 6.45) is 1.78. The van der Waals surface area contributed by atoms with Crippen molar-refractivity contribution in [2.45, 2.75) is 20.4 Å². The lowest BCUT2D eigenvalue weighted by atomic mass is 10.1. The molecule has 1 fully saturated rings. The molecule has 0 saturated carbocycles. The highest BCUT2D eigenvalue weighted by atomic mass is 79.9. The van der Waals surface area contributed by atoms with Gasteiger partial charge in [0.25, 0.3) is 11.1 Å². The molecule has 0 spiro atoms. The predicted molar refractivity (Wildman–Crippen MR) is 126 cm³/mol. The number of halogens is 1. The summed E-state index contributed by atoms with van der Waals surface area (Å²) in [6.45, 7) is 4.09. The minimum Gasteiger partial charge on any atom is -0.318 e. The van der Waals surface area contributed by atoms with Crippen LogP contribution in [0.5, 0.6) is 0 Å². The van der Waals surface area contributed by atoms with Gasteiger partial charge in [0.15, 0.2) is 0 Å². The number of rotatable bonds is 4. The Kier molecular flexibility index (Phi) is 5.86. The lowest BCUT2D eigenvalue weighted by Gasteiger charge is -2.13. The molecule has 1 aliphatic heterocycles. The number of hydrogen-bond acceptors (Lipinski definition) is 4. The second kappa shape index (κ2) is 8.58. The molecule has 31 heavy (non-hydrogen) atoms. The van der Waals surface area contributed by atoms with Crippen LogP contribution in [0.4, 0.5) is 4.79 Å². The smallest absolute Gasteiger partial charge is 0.293 e. The summed E-state index contributed by atoms with van der Waals surface area (Å²) in [5, 5.41) is 8.95. The zero-order valence-corrected chi connectivity index (χ0v) is 19.3. The van der Waals surface area contributed by atoms with Crippen LogP contribution in [0.1, 0.15) is 28.1 Å². The average molecular weight is 492 g/mol. The lowest BCUT2D eigenvalue weighted by molar-refractivity contribution is -0.123. The van der Waals surface area contributed by atoms with E-state index in [4.69, 9.17) is 0 Å². The second-order valence-electron chi connectivity index (χ2n) is 7.18. The number of carbonyl (C=O) groups excluding carboxylic acids is 2. The van der Waals surface area contributed by atoms with E-state index in [0.717, 1.165) is 38.9 Å². The van der Waals surface area contributed by atoms with Gasteiger partial charge in [0.05, 0.1) is 23.1 Å². The molecule has 2 heterocycles. The summed E-state index contributed by atoms with van der Waals surface area (Å²) in [5.41, 5.74) is 5.06. The van der Waals surface area contributed by atoms with E-state index in [2.05, 4.69) is 26.6 Å². The highest BCUT2D eigenvalue weighted by Crippen LogP contribution is 2.35. The van der Waals surface area contributed by atoms with Crippen LogP contribution in [-0.4, -0.2) is 20.6 Å². The number of hydrogen-bond donors (Lipinski definition) is 0. The third-order valence-corrected chi connectivity index (χ3v) is 6.62. The monoisotopic (exact) mass is 491 g/mol. The first-order valence-corrected chi connectivity index (χ1v) is 11.2. The zero-order chi connectivity index (χ0) is 22.1. The van der Waals surface area contributed by atoms with E-state index in [0.29, 0.717) is 16.0 Å². The maximum atomic E-state index is 13.0. The molecular formula is C24H18BrN3O2S. The largest absolute Gasteiger partial charge is 0.318 e. The molecule has 7 heteroatoms. The van der Waals surface area contributed by atoms with E-state index in [1.54, 1.807) is 30.3 Å². The predicted octanol–water partition coefficient (Wildman–Crippen LogP) is 5.96. The topological polar surface area (TPSA) is 66.1 Å². The third kappa shape index (κ3) is 4.09. The van der Waals surface area contributed by atoms with Crippen molar-refractivity contribution in [2.75, 3.05) is 0 Å². The van der Waals surface area contributed by atoms with Crippen molar-refractivity contribution in [1.82, 2.24) is 9.47 Å². The Morgan fingerprint density at radius 2 is 1.81 bits per heavy atom. The SMILES string of the molecule is Cc1cc(/C=C2\SC(=O)N(Cc3ccccc3C#N)C2=O)c(C)n1-c1ccc(Br)cc1. The van der Waals surface area contributed by atoms with Crippen molar-refractivity contribution < 1.29 is 9.59 Å². The molecule has 4 rings (SSSR count). The normalized spacial score (nSPS) is 15.0. The number of amides is 2. The Morgan fingerprint density at radius 1 is 1.10 bits per heavy atom. The molecule has 1 aromatic heterocycles. The molecule has 0 radical (unpaired) electrons. The van der Waals surface area contributed by atoms with E-state index >= 15 is 0 Å². The van der Waals surface area contributed by atoms with Gasteiger partial charge in [0, 0.05) is 21.5 Å². The van der Waals surface area contributed by atoms with Crippen LogP contribution in [0.25, 0.3) is 11.8 Å². The van der Waals surface area contributed by atoms with Crippen molar-refractivity contribution in [3.63, 3.8) is 0 Å². The third-order valence-electron chi connectivity index (χ3n) is 5.18. The minimum atomic E-state index is -0.337. The van der Waals surface area contributed by atoms with Crippen LogP contribution in [0.2, 0.25) is 0 Å². The van der Waals surface area contributed by atoms with Gasteiger partial charge in [-0.15, -0.1) is 0 Å². The van der Waals surface area contributed by atoms with Crippen LogP contribution in [0.15, 0.2) is 64.0 Å². The number of thioether (sulfide) groups is 1. The van der Waals surface area contributed by atoms with Crippen LogP contribution in [0.3, 0.4) is 0 Å². The van der Waals surface area contributed by atoms with E-state index in [-0.39, 0.29) is 17.7 Å². The molecule has 0 N–H and O–H groups in total. The van der Waals surface area contributed by atoms with Gasteiger partial charge in [0.1, 0.15) is 0 Å². The van der Waals surface area contributed by atoms with Crippen molar-refractivity contribution in [3.05, 3.63) is 92.1 Å². The number of nitriles is 1. The van der Waals surface area contributed by atoms with Gasteiger partial charge < -0.3 is 4.57 Å². The van der Waals surface area contributed by atoms with Crippen molar-refractivity contribution in [1.29, 1.82) is 5.26 Å². The summed E-state index contributed by atoms with van der Waals surface area (Å²) in [4.78, 5) is 27.1. The molecule has 1 aliphatic rings. The van der Waals surface area contributed by atoms with Crippen LogP contribution in [-0.2, 0) is 11.3 Å². The molecule has 0 unspecified atom stereocenters. The molecule has 3 aromatic rings. The van der Waals surface area contributed by atoms with Crippen LogP contribution < -0.4 is 0 Å². The van der Waals surface area contributed by atoms with E-state index in [9.17, 15) is 14.9 Å². The number of imide groups is 1. The number of carbonyl (C=O) groups is 2. The number of benzene rings is 2. The molecule has 0 atom stereocenters. The van der Waals surface area contributed by atoms with Crippen molar-refractivity contribution >= 4 is 44.9 Å². The summed E-state index contributed by atoms with van der Waals surface area (Å²) in [5.74, 6) is -0.337. The molecule has 1 saturated heterocycles. The maximum Gasteiger partial charge on any atom is 0.293 e.